The number of fused-ring (bicyclic) bond motifs is 2. The van der Waals surface area contributed by atoms with Gasteiger partial charge in [0, 0.05) is 24.0 Å². The quantitative estimate of drug-likeness (QED) is 0.797. The summed E-state index contributed by atoms with van der Waals surface area (Å²) in [6.07, 6.45) is 4.29. The van der Waals surface area contributed by atoms with Gasteiger partial charge in [0.2, 0.25) is 0 Å². The van der Waals surface area contributed by atoms with Crippen molar-refractivity contribution < 1.29 is 14.6 Å². The van der Waals surface area contributed by atoms with E-state index in [1.807, 2.05) is 18.2 Å². The summed E-state index contributed by atoms with van der Waals surface area (Å²) in [5, 5.41) is 10.3. The van der Waals surface area contributed by atoms with Gasteiger partial charge in [0.25, 0.3) is 0 Å². The fourth-order valence-corrected chi connectivity index (χ4v) is 5.20. The van der Waals surface area contributed by atoms with Crippen molar-refractivity contribution in [1.29, 1.82) is 0 Å². The van der Waals surface area contributed by atoms with Gasteiger partial charge in [-0.05, 0) is 48.9 Å². The van der Waals surface area contributed by atoms with Crippen LogP contribution in [0.4, 0.5) is 0 Å². The first-order chi connectivity index (χ1) is 13.1. The van der Waals surface area contributed by atoms with Gasteiger partial charge in [0.05, 0.1) is 19.3 Å². The van der Waals surface area contributed by atoms with E-state index in [-0.39, 0.29) is 18.0 Å². The van der Waals surface area contributed by atoms with E-state index in [2.05, 4.69) is 35.2 Å². The smallest absolute Gasteiger partial charge is 0.337 e. The van der Waals surface area contributed by atoms with Gasteiger partial charge in [-0.25, -0.2) is 4.79 Å². The highest BCUT2D eigenvalue weighted by atomic mass is 16.5. The Bertz CT molecular complexity index is 806. The maximum absolute atomic E-state index is 11.8. The Balaban J connectivity index is 1.54. The van der Waals surface area contributed by atoms with Crippen molar-refractivity contribution in [3.05, 3.63) is 71.3 Å². The summed E-state index contributed by atoms with van der Waals surface area (Å²) in [5.74, 6) is -0.296. The average molecular weight is 365 g/mol. The molecule has 2 aliphatic rings. The molecule has 2 saturated heterocycles. The van der Waals surface area contributed by atoms with Crippen molar-refractivity contribution >= 4 is 5.97 Å². The zero-order chi connectivity index (χ0) is 18.9. The number of carbonyl (C=O) groups is 1. The molecule has 2 bridgehead atoms. The van der Waals surface area contributed by atoms with Gasteiger partial charge in [0.15, 0.2) is 0 Å². The molecular formula is C23H27NO3. The van der Waals surface area contributed by atoms with E-state index >= 15 is 0 Å². The van der Waals surface area contributed by atoms with Crippen LogP contribution >= 0.6 is 0 Å². The van der Waals surface area contributed by atoms with Crippen LogP contribution in [0, 0.1) is 5.41 Å². The number of ether oxygens (including phenoxy) is 1. The Labute approximate surface area is 160 Å². The highest BCUT2D eigenvalue weighted by Gasteiger charge is 2.55. The monoisotopic (exact) mass is 365 g/mol. The largest absolute Gasteiger partial charge is 0.465 e. The molecule has 1 N–H and O–H groups in total. The summed E-state index contributed by atoms with van der Waals surface area (Å²) in [7, 11) is 1.41. The molecule has 0 radical (unpaired) electrons. The normalized spacial score (nSPS) is 27.0. The molecule has 0 aliphatic carbocycles. The van der Waals surface area contributed by atoms with Crippen LogP contribution in [0.1, 0.15) is 40.7 Å². The maximum Gasteiger partial charge on any atom is 0.337 e. The fraction of sp³-hybridized carbons (Fsp3) is 0.435. The first kappa shape index (κ1) is 18.2. The zero-order valence-electron chi connectivity index (χ0n) is 15.8. The minimum atomic E-state index is -0.296. The molecule has 2 fully saturated rings. The van der Waals surface area contributed by atoms with Crippen molar-refractivity contribution in [2.75, 3.05) is 13.7 Å². The van der Waals surface area contributed by atoms with E-state index in [0.29, 0.717) is 17.6 Å². The Morgan fingerprint density at radius 1 is 1.15 bits per heavy atom. The number of nitrogens with zero attached hydrogens (tertiary/aromatic N) is 1. The van der Waals surface area contributed by atoms with Gasteiger partial charge >= 0.3 is 5.97 Å². The second kappa shape index (κ2) is 7.45. The molecule has 0 spiro atoms. The molecule has 0 aromatic heterocycles. The predicted octanol–water partition coefficient (Wildman–Crippen LogP) is 3.43. The number of methoxy groups -OCH3 is 1. The molecule has 27 heavy (non-hydrogen) atoms. The zero-order valence-corrected chi connectivity index (χ0v) is 15.8. The van der Waals surface area contributed by atoms with Gasteiger partial charge in [-0.15, -0.1) is 0 Å². The molecule has 4 heteroatoms. The number of esters is 1. The summed E-state index contributed by atoms with van der Waals surface area (Å²) in [6, 6.07) is 19.1. The minimum Gasteiger partial charge on any atom is -0.465 e. The molecule has 142 valence electrons. The van der Waals surface area contributed by atoms with Gasteiger partial charge in [-0.1, -0.05) is 42.5 Å². The first-order valence-corrected chi connectivity index (χ1v) is 9.73. The summed E-state index contributed by atoms with van der Waals surface area (Å²) in [6.45, 7) is 1.04. The topological polar surface area (TPSA) is 49.8 Å². The van der Waals surface area contributed by atoms with Crippen LogP contribution in [0.3, 0.4) is 0 Å². The van der Waals surface area contributed by atoms with E-state index < -0.39 is 0 Å². The standard InChI is InChI=1S/C23H27NO3/c1-27-22(26)19-9-5-8-18(12-19)15-24-20-10-11-21(24)23(14-20,16-25)13-17-6-3-2-4-7-17/h2-9,12,20-21,25H,10-11,13-16H2,1H3/t20-,21+,23-/m1/s1. The van der Waals surface area contributed by atoms with Crippen molar-refractivity contribution in [3.8, 4) is 0 Å². The number of aliphatic hydroxyl groups is 1. The lowest BCUT2D eigenvalue weighted by atomic mass is 9.70. The van der Waals surface area contributed by atoms with Gasteiger partial charge in [0.1, 0.15) is 0 Å². The Morgan fingerprint density at radius 3 is 2.67 bits per heavy atom. The van der Waals surface area contributed by atoms with Gasteiger partial charge in [-0.3, -0.25) is 4.90 Å². The number of carbonyl (C=O) groups excluding carboxylic acids is 1. The Hall–Kier alpha value is -2.17. The molecule has 0 saturated carbocycles. The van der Waals surface area contributed by atoms with E-state index in [0.717, 1.165) is 31.4 Å². The second-order valence-electron chi connectivity index (χ2n) is 8.00. The summed E-state index contributed by atoms with van der Waals surface area (Å²) < 4.78 is 4.85. The van der Waals surface area contributed by atoms with Crippen LogP contribution < -0.4 is 0 Å². The summed E-state index contributed by atoms with van der Waals surface area (Å²) in [5.41, 5.74) is 2.96. The van der Waals surface area contributed by atoms with Crippen molar-refractivity contribution in [2.24, 2.45) is 5.41 Å². The van der Waals surface area contributed by atoms with Crippen LogP contribution in [-0.2, 0) is 17.7 Å². The highest BCUT2D eigenvalue weighted by molar-refractivity contribution is 5.89. The van der Waals surface area contributed by atoms with Crippen LogP contribution in [0.25, 0.3) is 0 Å². The van der Waals surface area contributed by atoms with Crippen molar-refractivity contribution in [2.45, 2.75) is 44.3 Å². The summed E-state index contributed by atoms with van der Waals surface area (Å²) in [4.78, 5) is 14.4. The second-order valence-corrected chi connectivity index (χ2v) is 8.00. The van der Waals surface area contributed by atoms with Gasteiger partial charge in [-0.2, -0.15) is 0 Å². The van der Waals surface area contributed by atoms with E-state index in [1.54, 1.807) is 6.07 Å². The number of aliphatic hydroxyl groups excluding tert-OH is 1. The number of rotatable bonds is 6. The SMILES string of the molecule is COC(=O)c1cccc(CN2[C@@H]3CC[C@H]2[C@](CO)(Cc2ccccc2)C3)c1. The number of hydrogen-bond donors (Lipinski definition) is 1. The highest BCUT2D eigenvalue weighted by Crippen LogP contribution is 2.51. The van der Waals surface area contributed by atoms with Crippen molar-refractivity contribution in [3.63, 3.8) is 0 Å². The molecule has 2 aromatic carbocycles. The number of benzene rings is 2. The maximum atomic E-state index is 11.8. The third kappa shape index (κ3) is 3.40. The molecule has 2 aliphatic heterocycles. The summed E-state index contributed by atoms with van der Waals surface area (Å²) >= 11 is 0. The third-order valence-corrected chi connectivity index (χ3v) is 6.42. The van der Waals surface area contributed by atoms with Crippen LogP contribution in [0.5, 0.6) is 0 Å². The van der Waals surface area contributed by atoms with Crippen LogP contribution in [-0.4, -0.2) is 41.8 Å². The molecule has 0 amide bonds. The molecule has 0 unspecified atom stereocenters. The molecule has 2 heterocycles. The lowest BCUT2D eigenvalue weighted by Gasteiger charge is -2.36. The van der Waals surface area contributed by atoms with Crippen LogP contribution in [0.2, 0.25) is 0 Å². The molecular weight excluding hydrogens is 338 g/mol. The third-order valence-electron chi connectivity index (χ3n) is 6.42. The predicted molar refractivity (Wildman–Crippen MR) is 104 cm³/mol. The van der Waals surface area contributed by atoms with Crippen molar-refractivity contribution in [1.82, 2.24) is 4.90 Å². The average Bonchev–Trinajstić information content (AvgIpc) is 3.23. The molecule has 4 nitrogen and oxygen atoms in total. The molecule has 2 aromatic rings. The lowest BCUT2D eigenvalue weighted by Crippen LogP contribution is -2.41. The fourth-order valence-electron chi connectivity index (χ4n) is 5.20. The van der Waals surface area contributed by atoms with Gasteiger partial charge < -0.3 is 9.84 Å². The Morgan fingerprint density at radius 2 is 1.93 bits per heavy atom. The van der Waals surface area contributed by atoms with E-state index in [9.17, 15) is 9.90 Å². The van der Waals surface area contributed by atoms with E-state index in [1.165, 1.54) is 19.1 Å². The minimum absolute atomic E-state index is 0.0652. The molecule has 4 rings (SSSR count). The van der Waals surface area contributed by atoms with Crippen LogP contribution in [0.15, 0.2) is 54.6 Å². The lowest BCUT2D eigenvalue weighted by molar-refractivity contribution is 0.0600. The molecule has 3 atom stereocenters. The number of hydrogen-bond acceptors (Lipinski definition) is 4. The van der Waals surface area contributed by atoms with E-state index in [4.69, 9.17) is 4.74 Å². The first-order valence-electron chi connectivity index (χ1n) is 9.73. The Kier molecular flexibility index (Phi) is 5.02.